The van der Waals surface area contributed by atoms with Crippen LogP contribution in [0.2, 0.25) is 0 Å². The molecule has 0 saturated carbocycles. The lowest BCUT2D eigenvalue weighted by Gasteiger charge is -2.31. The van der Waals surface area contributed by atoms with Crippen molar-refractivity contribution in [3.8, 4) is 17.0 Å². The predicted octanol–water partition coefficient (Wildman–Crippen LogP) is 5.50. The van der Waals surface area contributed by atoms with Crippen molar-refractivity contribution in [3.05, 3.63) is 51.7 Å². The molecule has 0 bridgehead atoms. The molecule has 1 aromatic carbocycles. The van der Waals surface area contributed by atoms with Crippen LogP contribution < -0.4 is 9.64 Å². The summed E-state index contributed by atoms with van der Waals surface area (Å²) in [5.41, 5.74) is 3.65. The third kappa shape index (κ3) is 6.75. The maximum Gasteiger partial charge on any atom is 0.309 e. The van der Waals surface area contributed by atoms with Crippen molar-refractivity contribution in [3.63, 3.8) is 0 Å². The van der Waals surface area contributed by atoms with Gasteiger partial charge in [-0.1, -0.05) is 13.3 Å². The number of benzene rings is 1. The Morgan fingerprint density at radius 1 is 1.09 bits per heavy atom. The highest BCUT2D eigenvalue weighted by molar-refractivity contribution is 7.12. The Balaban J connectivity index is 1.16. The van der Waals surface area contributed by atoms with Crippen molar-refractivity contribution in [2.75, 3.05) is 37.7 Å². The number of esters is 1. The number of nitrogens with zero attached hydrogens (tertiary/aromatic N) is 5. The average molecular weight is 604 g/mol. The van der Waals surface area contributed by atoms with Gasteiger partial charge in [-0.05, 0) is 69.3 Å². The molecule has 3 aromatic rings. The Labute approximate surface area is 257 Å². The zero-order chi connectivity index (χ0) is 29.8. The second-order valence-electron chi connectivity index (χ2n) is 11.7. The molecular formula is C33H41N5O4S. The third-order valence-electron chi connectivity index (χ3n) is 8.85. The molecule has 3 aliphatic rings. The molecule has 0 spiro atoms. The SMILES string of the molecule is CCC[C@@H]1CCCN1Cc1sc(CC(=O)c2cnc(N3CCC(C(=O)OCC)CC3)cn2)nc1-c1ccc2c(c1)CCO2. The lowest BCUT2D eigenvalue weighted by Crippen LogP contribution is -2.37. The highest BCUT2D eigenvalue weighted by atomic mass is 32.1. The zero-order valence-electron chi connectivity index (χ0n) is 25.2. The predicted molar refractivity (Wildman–Crippen MR) is 167 cm³/mol. The smallest absolute Gasteiger partial charge is 0.309 e. The van der Waals surface area contributed by atoms with Gasteiger partial charge < -0.3 is 14.4 Å². The fourth-order valence-electron chi connectivity index (χ4n) is 6.55. The van der Waals surface area contributed by atoms with Crippen molar-refractivity contribution >= 4 is 28.9 Å². The van der Waals surface area contributed by atoms with E-state index in [-0.39, 0.29) is 24.1 Å². The molecule has 9 nitrogen and oxygen atoms in total. The van der Waals surface area contributed by atoms with Crippen molar-refractivity contribution in [2.24, 2.45) is 5.92 Å². The van der Waals surface area contributed by atoms with Gasteiger partial charge in [0.2, 0.25) is 0 Å². The summed E-state index contributed by atoms with van der Waals surface area (Å²) in [6.07, 6.45) is 10.7. The van der Waals surface area contributed by atoms with E-state index in [0.29, 0.717) is 31.4 Å². The number of fused-ring (bicyclic) bond motifs is 1. The third-order valence-corrected chi connectivity index (χ3v) is 9.89. The second kappa shape index (κ2) is 13.5. The van der Waals surface area contributed by atoms with Gasteiger partial charge in [0.05, 0.1) is 43.6 Å². The summed E-state index contributed by atoms with van der Waals surface area (Å²) in [6, 6.07) is 6.97. The van der Waals surface area contributed by atoms with E-state index in [1.807, 2.05) is 6.92 Å². The van der Waals surface area contributed by atoms with E-state index < -0.39 is 0 Å². The van der Waals surface area contributed by atoms with Gasteiger partial charge >= 0.3 is 5.97 Å². The summed E-state index contributed by atoms with van der Waals surface area (Å²) in [5, 5.41) is 0.810. The Kier molecular flexibility index (Phi) is 9.33. The van der Waals surface area contributed by atoms with Gasteiger partial charge in [0, 0.05) is 42.5 Å². The summed E-state index contributed by atoms with van der Waals surface area (Å²) in [5.74, 6) is 1.42. The molecule has 0 amide bonds. The molecule has 228 valence electrons. The van der Waals surface area contributed by atoms with Gasteiger partial charge in [0.15, 0.2) is 5.78 Å². The summed E-state index contributed by atoms with van der Waals surface area (Å²) in [7, 11) is 0. The minimum absolute atomic E-state index is 0.0637. The van der Waals surface area contributed by atoms with Crippen LogP contribution in [-0.2, 0) is 28.9 Å². The minimum atomic E-state index is -0.117. The lowest BCUT2D eigenvalue weighted by atomic mass is 9.97. The molecule has 0 N–H and O–H groups in total. The first-order valence-corrected chi connectivity index (χ1v) is 16.6. The first-order chi connectivity index (χ1) is 21.0. The molecule has 3 aliphatic heterocycles. The Morgan fingerprint density at radius 3 is 2.72 bits per heavy atom. The molecule has 0 unspecified atom stereocenters. The van der Waals surface area contributed by atoms with E-state index in [9.17, 15) is 9.59 Å². The van der Waals surface area contributed by atoms with Crippen LogP contribution in [0.1, 0.15) is 78.3 Å². The van der Waals surface area contributed by atoms with Crippen molar-refractivity contribution < 1.29 is 19.1 Å². The van der Waals surface area contributed by atoms with Crippen molar-refractivity contribution in [1.82, 2.24) is 19.9 Å². The Bertz CT molecular complexity index is 1430. The molecule has 0 aliphatic carbocycles. The number of rotatable bonds is 11. The number of hydrogen-bond acceptors (Lipinski definition) is 10. The summed E-state index contributed by atoms with van der Waals surface area (Å²) in [6.45, 7) is 8.61. The van der Waals surface area contributed by atoms with Crippen molar-refractivity contribution in [2.45, 2.75) is 77.8 Å². The van der Waals surface area contributed by atoms with Crippen LogP contribution in [0.5, 0.6) is 5.75 Å². The fraction of sp³-hybridized carbons (Fsp3) is 0.545. The van der Waals surface area contributed by atoms with Gasteiger partial charge in [-0.2, -0.15) is 0 Å². The van der Waals surface area contributed by atoms with E-state index in [4.69, 9.17) is 14.5 Å². The number of carbonyl (C=O) groups excluding carboxylic acids is 2. The van der Waals surface area contributed by atoms with E-state index in [2.05, 4.69) is 44.9 Å². The van der Waals surface area contributed by atoms with Gasteiger partial charge in [-0.15, -0.1) is 11.3 Å². The molecule has 0 radical (unpaired) electrons. The number of thiazole rings is 1. The van der Waals surface area contributed by atoms with Gasteiger partial charge in [0.25, 0.3) is 0 Å². The number of ether oxygens (including phenoxy) is 2. The topological polar surface area (TPSA) is 97.8 Å². The standard InChI is InChI=1S/C33H41N5O4S/c1-3-6-25-7-5-13-38(25)21-29-32(24-8-9-28-23(17-24)12-16-42-28)36-31(43-29)18-27(39)26-19-35-30(20-34-26)37-14-10-22(11-15-37)33(40)41-4-2/h8-9,17,19-20,22,25H,3-7,10-16,18,21H2,1-2H3/t25-/m1/s1. The van der Waals surface area contributed by atoms with Gasteiger partial charge in [-0.25, -0.2) is 15.0 Å². The quantitative estimate of drug-likeness (QED) is 0.208. The lowest BCUT2D eigenvalue weighted by molar-refractivity contribution is -0.148. The molecule has 1 atom stereocenters. The fourth-order valence-corrected chi connectivity index (χ4v) is 7.67. The zero-order valence-corrected chi connectivity index (χ0v) is 26.0. The maximum absolute atomic E-state index is 13.3. The molecule has 2 fully saturated rings. The van der Waals surface area contributed by atoms with Gasteiger partial charge in [0.1, 0.15) is 22.3 Å². The number of aromatic nitrogens is 3. The number of anilines is 1. The number of ketones is 1. The number of hydrogen-bond donors (Lipinski definition) is 0. The monoisotopic (exact) mass is 603 g/mol. The number of carbonyl (C=O) groups is 2. The van der Waals surface area contributed by atoms with E-state index in [0.717, 1.165) is 66.8 Å². The molecule has 6 rings (SSSR count). The van der Waals surface area contributed by atoms with Crippen LogP contribution >= 0.6 is 11.3 Å². The molecule has 2 saturated heterocycles. The Morgan fingerprint density at radius 2 is 1.95 bits per heavy atom. The second-order valence-corrected chi connectivity index (χ2v) is 12.9. The number of Topliss-reactive ketones (excluding diaryl/α,β-unsaturated/α-hetero) is 1. The van der Waals surface area contributed by atoms with E-state index in [1.54, 1.807) is 23.7 Å². The van der Waals surface area contributed by atoms with Crippen LogP contribution in [0.15, 0.2) is 30.6 Å². The van der Waals surface area contributed by atoms with Crippen LogP contribution in [0, 0.1) is 5.92 Å². The molecule has 10 heteroatoms. The van der Waals surface area contributed by atoms with Crippen LogP contribution in [0.3, 0.4) is 0 Å². The first kappa shape index (κ1) is 29.7. The average Bonchev–Trinajstić information content (AvgIpc) is 3.78. The minimum Gasteiger partial charge on any atom is -0.493 e. The largest absolute Gasteiger partial charge is 0.493 e. The van der Waals surface area contributed by atoms with Crippen LogP contribution in [0.25, 0.3) is 11.3 Å². The molecule has 5 heterocycles. The Hall–Kier alpha value is -3.37. The van der Waals surface area contributed by atoms with Crippen LogP contribution in [0.4, 0.5) is 5.82 Å². The molecule has 2 aromatic heterocycles. The van der Waals surface area contributed by atoms with E-state index >= 15 is 0 Å². The first-order valence-electron chi connectivity index (χ1n) is 15.8. The molecular weight excluding hydrogens is 562 g/mol. The van der Waals surface area contributed by atoms with Crippen LogP contribution in [-0.4, -0.2) is 70.5 Å². The number of likely N-dealkylation sites (tertiary alicyclic amines) is 1. The maximum atomic E-state index is 13.3. The summed E-state index contributed by atoms with van der Waals surface area (Å²) < 4.78 is 10.9. The molecule has 43 heavy (non-hydrogen) atoms. The number of piperidine rings is 1. The highest BCUT2D eigenvalue weighted by Gasteiger charge is 2.28. The normalized spacial score (nSPS) is 18.9. The highest BCUT2D eigenvalue weighted by Crippen LogP contribution is 2.36. The summed E-state index contributed by atoms with van der Waals surface area (Å²) >= 11 is 1.65. The summed E-state index contributed by atoms with van der Waals surface area (Å²) in [4.78, 5) is 45.4. The van der Waals surface area contributed by atoms with E-state index in [1.165, 1.54) is 36.1 Å². The van der Waals surface area contributed by atoms with Crippen molar-refractivity contribution in [1.29, 1.82) is 0 Å². The van der Waals surface area contributed by atoms with Gasteiger partial charge in [-0.3, -0.25) is 14.5 Å².